The topological polar surface area (TPSA) is 94.2 Å². The van der Waals surface area contributed by atoms with Crippen LogP contribution in [-0.4, -0.2) is 48.5 Å². The predicted molar refractivity (Wildman–Crippen MR) is 108 cm³/mol. The van der Waals surface area contributed by atoms with E-state index in [1.807, 2.05) is 13.0 Å². The van der Waals surface area contributed by atoms with Crippen LogP contribution in [0.25, 0.3) is 0 Å². The normalized spacial score (nSPS) is 10.9. The molecule has 28 heavy (non-hydrogen) atoms. The minimum atomic E-state index is -3.78. The number of rotatable bonds is 8. The third-order valence-corrected chi connectivity index (χ3v) is 5.10. The number of ether oxygens (including phenoxy) is 3. The molecule has 8 nitrogen and oxygen atoms in total. The third-order valence-electron chi connectivity index (χ3n) is 3.97. The number of nitrogens with one attached hydrogen (secondary N) is 1. The number of anilines is 2. The van der Waals surface area contributed by atoms with Gasteiger partial charge in [0.05, 0.1) is 39.0 Å². The second-order valence-corrected chi connectivity index (χ2v) is 7.97. The van der Waals surface area contributed by atoms with E-state index in [0.717, 1.165) is 16.1 Å². The molecule has 0 radical (unpaired) electrons. The molecule has 9 heteroatoms. The van der Waals surface area contributed by atoms with Gasteiger partial charge >= 0.3 is 0 Å². The van der Waals surface area contributed by atoms with Gasteiger partial charge in [0.15, 0.2) is 0 Å². The fourth-order valence-corrected chi connectivity index (χ4v) is 3.46. The molecule has 2 rings (SSSR count). The highest BCUT2D eigenvalue weighted by atomic mass is 32.2. The Morgan fingerprint density at radius 2 is 1.64 bits per heavy atom. The van der Waals surface area contributed by atoms with Crippen molar-refractivity contribution in [1.82, 2.24) is 0 Å². The van der Waals surface area contributed by atoms with Gasteiger partial charge in [0.25, 0.3) is 0 Å². The monoisotopic (exact) mass is 408 g/mol. The van der Waals surface area contributed by atoms with Crippen LogP contribution in [0.2, 0.25) is 0 Å². The van der Waals surface area contributed by atoms with Crippen molar-refractivity contribution >= 4 is 27.3 Å². The largest absolute Gasteiger partial charge is 0.497 e. The highest BCUT2D eigenvalue weighted by molar-refractivity contribution is 7.92. The lowest BCUT2D eigenvalue weighted by molar-refractivity contribution is -0.114. The first kappa shape index (κ1) is 21.4. The second kappa shape index (κ2) is 8.83. The van der Waals surface area contributed by atoms with Crippen LogP contribution in [0.5, 0.6) is 17.2 Å². The minimum Gasteiger partial charge on any atom is -0.497 e. The number of nitrogens with zero attached hydrogens (tertiary/aromatic N) is 1. The van der Waals surface area contributed by atoms with Gasteiger partial charge in [-0.3, -0.25) is 9.10 Å². The van der Waals surface area contributed by atoms with E-state index in [9.17, 15) is 13.2 Å². The molecule has 0 fully saturated rings. The maximum Gasteiger partial charge on any atom is 0.245 e. The number of hydrogen-bond donors (Lipinski definition) is 1. The molecule has 2 aromatic carbocycles. The van der Waals surface area contributed by atoms with E-state index in [1.54, 1.807) is 24.3 Å². The van der Waals surface area contributed by atoms with E-state index >= 15 is 0 Å². The van der Waals surface area contributed by atoms with Crippen molar-refractivity contribution in [2.24, 2.45) is 0 Å². The van der Waals surface area contributed by atoms with Gasteiger partial charge in [-0.1, -0.05) is 6.07 Å². The van der Waals surface area contributed by atoms with Crippen LogP contribution in [0, 0.1) is 6.92 Å². The second-order valence-electron chi connectivity index (χ2n) is 6.06. The van der Waals surface area contributed by atoms with Gasteiger partial charge in [0.2, 0.25) is 15.9 Å². The fraction of sp³-hybridized carbons (Fsp3) is 0.316. The molecule has 1 amide bonds. The first-order chi connectivity index (χ1) is 13.2. The Hall–Kier alpha value is -2.94. The quantitative estimate of drug-likeness (QED) is 0.721. The van der Waals surface area contributed by atoms with Crippen LogP contribution >= 0.6 is 0 Å². The smallest absolute Gasteiger partial charge is 0.245 e. The standard InChI is InChI=1S/C19H24N2O6S/c1-13-6-8-17(26-3)15(10-13)20-19(22)12-21(28(5,23)24)16-11-14(25-2)7-9-18(16)27-4/h6-11H,12H2,1-5H3,(H,20,22). The summed E-state index contributed by atoms with van der Waals surface area (Å²) < 4.78 is 41.4. The van der Waals surface area contributed by atoms with Gasteiger partial charge in [-0.2, -0.15) is 0 Å². The number of amides is 1. The fourth-order valence-electron chi connectivity index (χ4n) is 2.61. The van der Waals surface area contributed by atoms with Crippen molar-refractivity contribution in [3.63, 3.8) is 0 Å². The van der Waals surface area contributed by atoms with E-state index in [0.29, 0.717) is 22.9 Å². The van der Waals surface area contributed by atoms with Crippen molar-refractivity contribution < 1.29 is 27.4 Å². The molecule has 0 unspecified atom stereocenters. The van der Waals surface area contributed by atoms with E-state index in [-0.39, 0.29) is 5.69 Å². The third kappa shape index (κ3) is 5.07. The van der Waals surface area contributed by atoms with Crippen molar-refractivity contribution in [3.8, 4) is 17.2 Å². The molecule has 0 saturated carbocycles. The van der Waals surface area contributed by atoms with Crippen molar-refractivity contribution in [2.45, 2.75) is 6.92 Å². The summed E-state index contributed by atoms with van der Waals surface area (Å²) in [6.45, 7) is 1.43. The van der Waals surface area contributed by atoms with Crippen LogP contribution in [0.1, 0.15) is 5.56 Å². The molecule has 0 aliphatic heterocycles. The van der Waals surface area contributed by atoms with Crippen molar-refractivity contribution in [2.75, 3.05) is 43.8 Å². The zero-order valence-corrected chi connectivity index (χ0v) is 17.3. The molecule has 152 valence electrons. The summed E-state index contributed by atoms with van der Waals surface area (Å²) >= 11 is 0. The van der Waals surface area contributed by atoms with Crippen LogP contribution < -0.4 is 23.8 Å². The summed E-state index contributed by atoms with van der Waals surface area (Å²) in [6, 6.07) is 10.0. The molecule has 0 bridgehead atoms. The van der Waals surface area contributed by atoms with Crippen molar-refractivity contribution in [1.29, 1.82) is 0 Å². The maximum atomic E-state index is 12.6. The van der Waals surface area contributed by atoms with Gasteiger partial charge in [-0.05, 0) is 36.8 Å². The molecular weight excluding hydrogens is 384 g/mol. The van der Waals surface area contributed by atoms with Gasteiger partial charge < -0.3 is 19.5 Å². The average molecular weight is 408 g/mol. The molecule has 0 aliphatic carbocycles. The Balaban J connectivity index is 2.37. The van der Waals surface area contributed by atoms with Crippen molar-refractivity contribution in [3.05, 3.63) is 42.0 Å². The summed E-state index contributed by atoms with van der Waals surface area (Å²) in [5, 5.41) is 2.70. The van der Waals surface area contributed by atoms with Crippen LogP contribution in [0.15, 0.2) is 36.4 Å². The van der Waals surface area contributed by atoms with Crippen LogP contribution in [0.4, 0.5) is 11.4 Å². The molecule has 0 spiro atoms. The number of sulfonamides is 1. The Morgan fingerprint density at radius 1 is 1.00 bits per heavy atom. The van der Waals surface area contributed by atoms with E-state index in [4.69, 9.17) is 14.2 Å². The number of carbonyl (C=O) groups is 1. The number of benzene rings is 2. The number of methoxy groups -OCH3 is 3. The lowest BCUT2D eigenvalue weighted by Crippen LogP contribution is -2.37. The first-order valence-electron chi connectivity index (χ1n) is 8.33. The van der Waals surface area contributed by atoms with Crippen LogP contribution in [-0.2, 0) is 14.8 Å². The van der Waals surface area contributed by atoms with Gasteiger partial charge in [-0.25, -0.2) is 8.42 Å². The van der Waals surface area contributed by atoms with Gasteiger partial charge in [0.1, 0.15) is 23.8 Å². The summed E-state index contributed by atoms with van der Waals surface area (Å²) in [4.78, 5) is 12.6. The molecule has 0 aliphatic rings. The van der Waals surface area contributed by atoms with Gasteiger partial charge in [0, 0.05) is 6.07 Å². The highest BCUT2D eigenvalue weighted by Gasteiger charge is 2.25. The number of carbonyl (C=O) groups excluding carboxylic acids is 1. The maximum absolute atomic E-state index is 12.6. The molecule has 0 aromatic heterocycles. The molecule has 1 N–H and O–H groups in total. The lowest BCUT2D eigenvalue weighted by atomic mass is 10.2. The SMILES string of the molecule is COc1ccc(OC)c(N(CC(=O)Nc2cc(C)ccc2OC)S(C)(=O)=O)c1. The predicted octanol–water partition coefficient (Wildman–Crippen LogP) is 2.43. The Morgan fingerprint density at radius 3 is 2.21 bits per heavy atom. The summed E-state index contributed by atoms with van der Waals surface area (Å²) in [6.07, 6.45) is 1.02. The molecule has 2 aromatic rings. The Labute approximate surface area is 165 Å². The molecule has 0 atom stereocenters. The number of hydrogen-bond acceptors (Lipinski definition) is 6. The first-order valence-corrected chi connectivity index (χ1v) is 10.2. The Kier molecular flexibility index (Phi) is 6.74. The van der Waals surface area contributed by atoms with E-state index in [1.165, 1.54) is 27.4 Å². The summed E-state index contributed by atoms with van der Waals surface area (Å²) in [5.74, 6) is 0.681. The molecule has 0 saturated heterocycles. The zero-order chi connectivity index (χ0) is 20.9. The van der Waals surface area contributed by atoms with Crippen LogP contribution in [0.3, 0.4) is 0 Å². The van der Waals surface area contributed by atoms with E-state index < -0.39 is 22.5 Å². The number of aryl methyl sites for hydroxylation is 1. The van der Waals surface area contributed by atoms with Gasteiger partial charge in [-0.15, -0.1) is 0 Å². The lowest BCUT2D eigenvalue weighted by Gasteiger charge is -2.24. The molecular formula is C19H24N2O6S. The Bertz CT molecular complexity index is 959. The average Bonchev–Trinajstić information content (AvgIpc) is 2.65. The summed E-state index contributed by atoms with van der Waals surface area (Å²) in [5.41, 5.74) is 1.58. The zero-order valence-electron chi connectivity index (χ0n) is 16.5. The highest BCUT2D eigenvalue weighted by Crippen LogP contribution is 2.34. The summed E-state index contributed by atoms with van der Waals surface area (Å²) in [7, 11) is 0.595. The molecule has 0 heterocycles. The minimum absolute atomic E-state index is 0.204. The van der Waals surface area contributed by atoms with E-state index in [2.05, 4.69) is 5.32 Å².